The van der Waals surface area contributed by atoms with Crippen LogP contribution in [0.3, 0.4) is 0 Å². The molecule has 0 bridgehead atoms. The van der Waals surface area contributed by atoms with E-state index in [-0.39, 0.29) is 16.5 Å². The highest BCUT2D eigenvalue weighted by Gasteiger charge is 2.18. The van der Waals surface area contributed by atoms with Crippen LogP contribution in [0.25, 0.3) is 0 Å². The molecule has 0 atom stereocenters. The molecule has 1 N–H and O–H groups in total. The van der Waals surface area contributed by atoms with Crippen molar-refractivity contribution in [2.75, 3.05) is 26.9 Å². The van der Waals surface area contributed by atoms with Crippen LogP contribution >= 0.6 is 11.6 Å². The minimum absolute atomic E-state index is 0.150. The number of aryl methyl sites for hydroxylation is 1. The number of methoxy groups -OCH3 is 1. The molecule has 19 heavy (non-hydrogen) atoms. The van der Waals surface area contributed by atoms with Gasteiger partial charge in [-0.2, -0.15) is 0 Å². The molecule has 0 radical (unpaired) electrons. The summed E-state index contributed by atoms with van der Waals surface area (Å²) in [6.07, 6.45) is 0. The second-order valence-corrected chi connectivity index (χ2v) is 6.01. The molecule has 0 spiro atoms. The van der Waals surface area contributed by atoms with Gasteiger partial charge in [0.2, 0.25) is 10.0 Å². The third-order valence-corrected chi connectivity index (χ3v) is 4.32. The maximum atomic E-state index is 12.1. The molecule has 0 aliphatic carbocycles. The fraction of sp³-hybridized carbons (Fsp3) is 0.500. The van der Waals surface area contributed by atoms with Crippen LogP contribution in [-0.2, 0) is 14.8 Å². The number of rotatable bonds is 7. The van der Waals surface area contributed by atoms with Crippen molar-refractivity contribution in [3.63, 3.8) is 0 Å². The van der Waals surface area contributed by atoms with Gasteiger partial charge in [-0.15, -0.1) is 0 Å². The molecule has 7 heteroatoms. The predicted molar refractivity (Wildman–Crippen MR) is 74.4 cm³/mol. The van der Waals surface area contributed by atoms with Gasteiger partial charge >= 0.3 is 0 Å². The number of hydrogen-bond acceptors (Lipinski definition) is 4. The highest BCUT2D eigenvalue weighted by molar-refractivity contribution is 7.89. The number of ether oxygens (including phenoxy) is 2. The van der Waals surface area contributed by atoms with Crippen LogP contribution in [0.15, 0.2) is 17.0 Å². The molecular formula is C12H18ClNO4S. The lowest BCUT2D eigenvalue weighted by Gasteiger charge is -2.12. The minimum Gasteiger partial charge on any atom is -0.492 e. The van der Waals surface area contributed by atoms with E-state index in [0.717, 1.165) is 0 Å². The Morgan fingerprint density at radius 1 is 1.37 bits per heavy atom. The summed E-state index contributed by atoms with van der Waals surface area (Å²) in [6, 6.07) is 3.02. The van der Waals surface area contributed by atoms with E-state index in [9.17, 15) is 8.42 Å². The molecule has 108 valence electrons. The average molecular weight is 308 g/mol. The third-order valence-electron chi connectivity index (χ3n) is 2.42. The van der Waals surface area contributed by atoms with E-state index < -0.39 is 10.0 Å². The van der Waals surface area contributed by atoms with Gasteiger partial charge < -0.3 is 9.47 Å². The number of sulfonamides is 1. The first-order valence-corrected chi connectivity index (χ1v) is 7.70. The summed E-state index contributed by atoms with van der Waals surface area (Å²) in [4.78, 5) is 0.150. The van der Waals surface area contributed by atoms with Crippen molar-refractivity contribution in [2.24, 2.45) is 0 Å². The van der Waals surface area contributed by atoms with Gasteiger partial charge in [0.1, 0.15) is 5.75 Å². The Labute approximate surface area is 118 Å². The lowest BCUT2D eigenvalue weighted by molar-refractivity contribution is 0.204. The molecule has 0 aliphatic heterocycles. The molecule has 1 aromatic rings. The Kier molecular flexibility index (Phi) is 6.06. The maximum absolute atomic E-state index is 12.1. The first kappa shape index (κ1) is 16.2. The Morgan fingerprint density at radius 3 is 2.63 bits per heavy atom. The van der Waals surface area contributed by atoms with Crippen molar-refractivity contribution in [3.05, 3.63) is 22.7 Å². The molecule has 5 nitrogen and oxygen atoms in total. The normalized spacial score (nSPS) is 11.6. The van der Waals surface area contributed by atoms with Gasteiger partial charge in [0.25, 0.3) is 0 Å². The second-order valence-electron chi connectivity index (χ2n) is 3.87. The zero-order valence-corrected chi connectivity index (χ0v) is 12.8. The van der Waals surface area contributed by atoms with E-state index in [1.54, 1.807) is 13.0 Å². The van der Waals surface area contributed by atoms with Crippen LogP contribution in [-0.4, -0.2) is 35.3 Å². The number of hydrogen-bond donors (Lipinski definition) is 1. The van der Waals surface area contributed by atoms with Crippen LogP contribution in [0.1, 0.15) is 12.5 Å². The fourth-order valence-electron chi connectivity index (χ4n) is 1.55. The van der Waals surface area contributed by atoms with E-state index in [1.165, 1.54) is 13.2 Å². The molecule has 0 saturated carbocycles. The van der Waals surface area contributed by atoms with Crippen molar-refractivity contribution in [1.29, 1.82) is 0 Å². The first-order valence-electron chi connectivity index (χ1n) is 5.84. The van der Waals surface area contributed by atoms with Gasteiger partial charge in [-0.1, -0.05) is 11.6 Å². The fourth-order valence-corrected chi connectivity index (χ4v) is 3.09. The Hall–Kier alpha value is -0.820. The largest absolute Gasteiger partial charge is 0.492 e. The molecular weight excluding hydrogens is 290 g/mol. The third kappa shape index (κ3) is 4.35. The maximum Gasteiger partial charge on any atom is 0.240 e. The first-order chi connectivity index (χ1) is 8.92. The lowest BCUT2D eigenvalue weighted by Crippen LogP contribution is -2.27. The van der Waals surface area contributed by atoms with Crippen molar-refractivity contribution < 1.29 is 17.9 Å². The van der Waals surface area contributed by atoms with Gasteiger partial charge in [0.05, 0.1) is 23.1 Å². The van der Waals surface area contributed by atoms with Gasteiger partial charge in [0.15, 0.2) is 0 Å². The van der Waals surface area contributed by atoms with E-state index in [0.29, 0.717) is 24.5 Å². The zero-order valence-electron chi connectivity index (χ0n) is 11.2. The predicted octanol–water partition coefficient (Wildman–Crippen LogP) is 1.97. The molecule has 0 aliphatic rings. The Morgan fingerprint density at radius 2 is 2.05 bits per heavy atom. The quantitative estimate of drug-likeness (QED) is 0.782. The summed E-state index contributed by atoms with van der Waals surface area (Å²) in [5.41, 5.74) is 0.581. The lowest BCUT2D eigenvalue weighted by atomic mass is 10.2. The number of benzene rings is 1. The number of halogens is 1. The van der Waals surface area contributed by atoms with Crippen molar-refractivity contribution in [3.8, 4) is 5.75 Å². The topological polar surface area (TPSA) is 64.6 Å². The Bertz CT molecular complexity index is 531. The molecule has 1 aromatic carbocycles. The van der Waals surface area contributed by atoms with Gasteiger partial charge in [-0.25, -0.2) is 13.1 Å². The van der Waals surface area contributed by atoms with Crippen LogP contribution in [0, 0.1) is 6.92 Å². The van der Waals surface area contributed by atoms with Gasteiger partial charge in [-0.05, 0) is 31.5 Å². The summed E-state index contributed by atoms with van der Waals surface area (Å²) in [5.74, 6) is 0.484. The molecule has 1 rings (SSSR count). The molecule has 0 aromatic heterocycles. The standard InChI is InChI=1S/C12H18ClNO4S/c1-4-18-11-7-9(2)12(8-10(11)13)19(15,16)14-5-6-17-3/h7-8,14H,4-6H2,1-3H3. The van der Waals surface area contributed by atoms with E-state index in [2.05, 4.69) is 4.72 Å². The summed E-state index contributed by atoms with van der Waals surface area (Å²) in [6.45, 7) is 4.52. The van der Waals surface area contributed by atoms with Gasteiger partial charge in [-0.3, -0.25) is 0 Å². The van der Waals surface area contributed by atoms with E-state index in [1.807, 2.05) is 6.92 Å². The van der Waals surface area contributed by atoms with Crippen molar-refractivity contribution in [2.45, 2.75) is 18.7 Å². The summed E-state index contributed by atoms with van der Waals surface area (Å²) in [5, 5.41) is 0.277. The van der Waals surface area contributed by atoms with Crippen LogP contribution in [0.5, 0.6) is 5.75 Å². The average Bonchev–Trinajstić information content (AvgIpc) is 2.33. The monoisotopic (exact) mass is 307 g/mol. The Balaban J connectivity index is 3.03. The summed E-state index contributed by atoms with van der Waals surface area (Å²) in [7, 11) is -2.08. The van der Waals surface area contributed by atoms with E-state index >= 15 is 0 Å². The smallest absolute Gasteiger partial charge is 0.240 e. The van der Waals surface area contributed by atoms with Gasteiger partial charge in [0, 0.05) is 13.7 Å². The van der Waals surface area contributed by atoms with E-state index in [4.69, 9.17) is 21.1 Å². The van der Waals surface area contributed by atoms with Crippen LogP contribution in [0.2, 0.25) is 5.02 Å². The SMILES string of the molecule is CCOc1cc(C)c(S(=O)(=O)NCCOC)cc1Cl. The summed E-state index contributed by atoms with van der Waals surface area (Å²) < 4.78 is 36.7. The van der Waals surface area contributed by atoms with Crippen LogP contribution in [0.4, 0.5) is 0 Å². The highest BCUT2D eigenvalue weighted by atomic mass is 35.5. The summed E-state index contributed by atoms with van der Waals surface area (Å²) >= 11 is 6.01. The molecule has 0 unspecified atom stereocenters. The molecule has 0 amide bonds. The second kappa shape index (κ2) is 7.09. The van der Waals surface area contributed by atoms with Crippen molar-refractivity contribution in [1.82, 2.24) is 4.72 Å². The molecule has 0 saturated heterocycles. The van der Waals surface area contributed by atoms with Crippen LogP contribution < -0.4 is 9.46 Å². The molecule has 0 heterocycles. The highest BCUT2D eigenvalue weighted by Crippen LogP contribution is 2.30. The molecule has 0 fully saturated rings. The number of nitrogens with one attached hydrogen (secondary N) is 1. The van der Waals surface area contributed by atoms with Crippen molar-refractivity contribution >= 4 is 21.6 Å². The zero-order chi connectivity index (χ0) is 14.5. The minimum atomic E-state index is -3.59.